The lowest BCUT2D eigenvalue weighted by Crippen LogP contribution is -2.31. The molecule has 1 unspecified atom stereocenters. The molecule has 0 bridgehead atoms. The Labute approximate surface area is 187 Å². The van der Waals surface area contributed by atoms with Crippen LogP contribution in [0.1, 0.15) is 37.0 Å². The van der Waals surface area contributed by atoms with Crippen LogP contribution in [0.4, 0.5) is 0 Å². The Bertz CT molecular complexity index is 1120. The molecule has 2 fully saturated rings. The van der Waals surface area contributed by atoms with Crippen molar-refractivity contribution >= 4 is 0 Å². The summed E-state index contributed by atoms with van der Waals surface area (Å²) in [4.78, 5) is 6.53. The van der Waals surface area contributed by atoms with Crippen LogP contribution in [-0.2, 0) is 6.54 Å². The van der Waals surface area contributed by atoms with E-state index in [1.165, 1.54) is 0 Å². The summed E-state index contributed by atoms with van der Waals surface area (Å²) in [5.74, 6) is 9.90. The molecule has 32 heavy (non-hydrogen) atoms. The Balaban J connectivity index is 1.19. The average Bonchev–Trinajstić information content (AvgIpc) is 3.24. The molecule has 1 aliphatic carbocycles. The molecule has 1 aliphatic heterocycles. The van der Waals surface area contributed by atoms with Gasteiger partial charge in [-0.3, -0.25) is 0 Å². The second-order valence-electron chi connectivity index (χ2n) is 9.04. The van der Waals surface area contributed by atoms with Crippen LogP contribution in [0, 0.1) is 29.6 Å². The van der Waals surface area contributed by atoms with Crippen molar-refractivity contribution in [3.63, 3.8) is 0 Å². The number of imidazole rings is 1. The van der Waals surface area contributed by atoms with Crippen LogP contribution < -0.4 is 0 Å². The highest BCUT2D eigenvalue weighted by atomic mass is 16.5. The number of aliphatic hydroxyl groups excluding tert-OH is 2. The fourth-order valence-electron chi connectivity index (χ4n) is 4.75. The van der Waals surface area contributed by atoms with Gasteiger partial charge in [0.1, 0.15) is 17.6 Å². The van der Waals surface area contributed by atoms with Crippen LogP contribution >= 0.6 is 0 Å². The first-order chi connectivity index (χ1) is 15.5. The molecule has 5 rings (SSSR count). The molecular formula is C25H28N4O3. The lowest BCUT2D eigenvalue weighted by molar-refractivity contribution is 0.132. The third-order valence-electron chi connectivity index (χ3n) is 6.36. The van der Waals surface area contributed by atoms with E-state index in [0.717, 1.165) is 36.5 Å². The number of hydrogen-bond acceptors (Lipinski definition) is 6. The van der Waals surface area contributed by atoms with E-state index < -0.39 is 6.10 Å². The standard InChI is InChI=1S/C25H28N4O3/c1-16(30)12-28-14-22-21(23(22)15-28)8-5-18-3-6-19(7-4-18)24-11-20(27-32-24)13-29-10-9-26-25(29)17(2)31/h3-4,6-7,9-11,16-17,21-23,30-31H,12-15H2,1-2H3/t16?,17-,21-,22+,23-/m0/s1. The van der Waals surface area contributed by atoms with Gasteiger partial charge in [-0.15, -0.1) is 0 Å². The molecule has 5 atom stereocenters. The van der Waals surface area contributed by atoms with Gasteiger partial charge in [-0.2, -0.15) is 0 Å². The van der Waals surface area contributed by atoms with Gasteiger partial charge in [-0.1, -0.05) is 17.0 Å². The van der Waals surface area contributed by atoms with Gasteiger partial charge in [0.15, 0.2) is 5.76 Å². The van der Waals surface area contributed by atoms with E-state index >= 15 is 0 Å². The van der Waals surface area contributed by atoms with Crippen LogP contribution in [0.2, 0.25) is 0 Å². The Morgan fingerprint density at radius 3 is 2.59 bits per heavy atom. The van der Waals surface area contributed by atoms with Crippen molar-refractivity contribution in [1.82, 2.24) is 19.6 Å². The van der Waals surface area contributed by atoms with Crippen molar-refractivity contribution in [3.05, 3.63) is 59.8 Å². The summed E-state index contributed by atoms with van der Waals surface area (Å²) in [5, 5.41) is 23.5. The molecule has 1 aromatic carbocycles. The van der Waals surface area contributed by atoms with Gasteiger partial charge in [0.2, 0.25) is 0 Å². The van der Waals surface area contributed by atoms with Gasteiger partial charge in [-0.25, -0.2) is 4.98 Å². The Hall–Kier alpha value is -2.92. The van der Waals surface area contributed by atoms with E-state index in [1.54, 1.807) is 13.1 Å². The van der Waals surface area contributed by atoms with Crippen molar-refractivity contribution in [1.29, 1.82) is 0 Å². The number of aromatic nitrogens is 3. The molecular weight excluding hydrogens is 404 g/mol. The Morgan fingerprint density at radius 2 is 1.91 bits per heavy atom. The average molecular weight is 433 g/mol. The largest absolute Gasteiger partial charge is 0.392 e. The molecule has 0 amide bonds. The van der Waals surface area contributed by atoms with Gasteiger partial charge in [-0.05, 0) is 49.9 Å². The number of rotatable bonds is 6. The zero-order valence-corrected chi connectivity index (χ0v) is 18.3. The molecule has 7 nitrogen and oxygen atoms in total. The summed E-state index contributed by atoms with van der Waals surface area (Å²) in [6, 6.07) is 9.96. The highest BCUT2D eigenvalue weighted by Gasteiger charge is 2.54. The summed E-state index contributed by atoms with van der Waals surface area (Å²) >= 11 is 0. The monoisotopic (exact) mass is 432 g/mol. The summed E-state index contributed by atoms with van der Waals surface area (Å²) < 4.78 is 7.39. The van der Waals surface area contributed by atoms with Gasteiger partial charge in [0.05, 0.1) is 12.6 Å². The van der Waals surface area contributed by atoms with Gasteiger partial charge in [0.25, 0.3) is 0 Å². The first-order valence-corrected chi connectivity index (χ1v) is 11.1. The van der Waals surface area contributed by atoms with Gasteiger partial charge < -0.3 is 24.2 Å². The predicted octanol–water partition coefficient (Wildman–Crippen LogP) is 2.55. The zero-order valence-electron chi connectivity index (χ0n) is 18.3. The van der Waals surface area contributed by atoms with E-state index in [-0.39, 0.29) is 6.10 Å². The number of likely N-dealkylation sites (tertiary alicyclic amines) is 1. The number of aliphatic hydroxyl groups is 2. The third kappa shape index (κ3) is 4.35. The topological polar surface area (TPSA) is 87.5 Å². The lowest BCUT2D eigenvalue weighted by Gasteiger charge is -2.19. The highest BCUT2D eigenvalue weighted by Crippen LogP contribution is 2.51. The smallest absolute Gasteiger partial charge is 0.167 e. The molecule has 0 radical (unpaired) electrons. The Morgan fingerprint density at radius 1 is 1.16 bits per heavy atom. The summed E-state index contributed by atoms with van der Waals surface area (Å²) in [7, 11) is 0. The Kier molecular flexibility index (Phi) is 5.60. The predicted molar refractivity (Wildman–Crippen MR) is 119 cm³/mol. The normalized spacial score (nSPS) is 23.9. The fourth-order valence-corrected chi connectivity index (χ4v) is 4.75. The number of nitrogens with zero attached hydrogens (tertiary/aromatic N) is 4. The number of hydrogen-bond donors (Lipinski definition) is 2. The van der Waals surface area contributed by atoms with Crippen molar-refractivity contribution in [2.45, 2.75) is 32.6 Å². The lowest BCUT2D eigenvalue weighted by atomic mass is 10.1. The van der Waals surface area contributed by atoms with E-state index in [4.69, 9.17) is 4.52 Å². The highest BCUT2D eigenvalue weighted by molar-refractivity contribution is 5.59. The maximum absolute atomic E-state index is 9.80. The first-order valence-electron chi connectivity index (χ1n) is 11.1. The van der Waals surface area contributed by atoms with Crippen LogP contribution in [-0.4, -0.2) is 55.6 Å². The van der Waals surface area contributed by atoms with Crippen LogP contribution in [0.5, 0.6) is 0 Å². The van der Waals surface area contributed by atoms with Crippen molar-refractivity contribution in [2.75, 3.05) is 19.6 Å². The minimum absolute atomic E-state index is 0.261. The molecule has 166 valence electrons. The van der Waals surface area contributed by atoms with E-state index in [9.17, 15) is 10.2 Å². The molecule has 3 heterocycles. The quantitative estimate of drug-likeness (QED) is 0.582. The van der Waals surface area contributed by atoms with E-state index in [1.807, 2.05) is 48.0 Å². The van der Waals surface area contributed by atoms with Crippen molar-refractivity contribution < 1.29 is 14.7 Å². The van der Waals surface area contributed by atoms with Crippen molar-refractivity contribution in [2.24, 2.45) is 17.8 Å². The molecule has 1 saturated carbocycles. The summed E-state index contributed by atoms with van der Waals surface area (Å²) in [5.41, 5.74) is 2.72. The van der Waals surface area contributed by atoms with E-state index in [2.05, 4.69) is 26.9 Å². The fraction of sp³-hybridized carbons (Fsp3) is 0.440. The second-order valence-corrected chi connectivity index (χ2v) is 9.04. The zero-order chi connectivity index (χ0) is 22.2. The molecule has 3 aromatic rings. The van der Waals surface area contributed by atoms with Gasteiger partial charge >= 0.3 is 0 Å². The first kappa shape index (κ1) is 21.0. The van der Waals surface area contributed by atoms with Crippen molar-refractivity contribution in [3.8, 4) is 23.2 Å². The maximum atomic E-state index is 9.80. The minimum Gasteiger partial charge on any atom is -0.392 e. The molecule has 2 N–H and O–H groups in total. The molecule has 0 spiro atoms. The summed E-state index contributed by atoms with van der Waals surface area (Å²) in [6.45, 7) is 6.91. The SMILES string of the molecule is CC(O)CN1C[C@@H]2[C@H](C#Cc3ccc(-c4cc(Cn5ccnc5[C@H](C)O)no4)cc3)[C@@H]2C1. The number of fused-ring (bicyclic) bond motifs is 1. The minimum atomic E-state index is -0.636. The third-order valence-corrected chi connectivity index (χ3v) is 6.36. The molecule has 2 aromatic heterocycles. The van der Waals surface area contributed by atoms with Crippen LogP contribution in [0.15, 0.2) is 47.2 Å². The molecule has 2 aliphatic rings. The molecule has 7 heteroatoms. The van der Waals surface area contributed by atoms with Gasteiger partial charge in [0, 0.05) is 55.1 Å². The van der Waals surface area contributed by atoms with E-state index in [0.29, 0.717) is 35.9 Å². The number of piperidine rings is 1. The van der Waals surface area contributed by atoms with Crippen LogP contribution in [0.25, 0.3) is 11.3 Å². The number of benzene rings is 1. The molecule has 1 saturated heterocycles. The maximum Gasteiger partial charge on any atom is 0.167 e. The second kappa shape index (κ2) is 8.55. The summed E-state index contributed by atoms with van der Waals surface area (Å²) in [6.07, 6.45) is 2.60. The van der Waals surface area contributed by atoms with Crippen LogP contribution in [0.3, 0.4) is 0 Å². The number of β-amino-alcohol motifs (C(OH)–C–C–N with tert-alkyl or cyclic N) is 1.